The number of benzene rings is 1. The number of rotatable bonds is 23. The molecule has 1 aromatic carbocycles. The number of ether oxygens (including phenoxy) is 7. The number of hydrogen-bond donors (Lipinski definition) is 13. The van der Waals surface area contributed by atoms with Crippen molar-refractivity contribution in [1.29, 1.82) is 0 Å². The molecule has 1 saturated carbocycles. The number of cyclic esters (lactones) is 1. The van der Waals surface area contributed by atoms with Gasteiger partial charge in [-0.15, -0.1) is 0 Å². The Morgan fingerprint density at radius 3 is 1.89 bits per heavy atom. The fraction of sp³-hybridized carbons (Fsp3) is 0.809. The van der Waals surface area contributed by atoms with Gasteiger partial charge in [-0.05, 0) is 49.0 Å². The number of aliphatic hydroxyl groups is 6. The van der Waals surface area contributed by atoms with Gasteiger partial charge in [-0.2, -0.15) is 23.5 Å². The smallest absolute Gasteiger partial charge is 0.414 e. The molecule has 1 aromatic rings. The summed E-state index contributed by atoms with van der Waals surface area (Å²) in [6, 6.07) is 0.353. The molecule has 0 unspecified atom stereocenters. The van der Waals surface area contributed by atoms with E-state index in [1.165, 1.54) is 29.7 Å². The van der Waals surface area contributed by atoms with Crippen molar-refractivity contribution in [2.75, 3.05) is 85.2 Å². The Balaban J connectivity index is 0.845. The molecule has 5 aliphatic heterocycles. The number of halogens is 1. The number of nitrogens with two attached hydrogens (primary N) is 6. The van der Waals surface area contributed by atoms with Gasteiger partial charge in [0.1, 0.15) is 73.0 Å². The number of aliphatic hydroxyl groups excluding tert-OH is 6. The van der Waals surface area contributed by atoms with Crippen molar-refractivity contribution in [3.63, 3.8) is 0 Å². The summed E-state index contributed by atoms with van der Waals surface area (Å²) in [5, 5.41) is 68.0. The maximum atomic E-state index is 15.4. The lowest BCUT2D eigenvalue weighted by atomic mass is 9.84. The van der Waals surface area contributed by atoms with E-state index in [1.54, 1.807) is 28.8 Å². The molecule has 6 fully saturated rings. The molecule has 432 valence electrons. The van der Waals surface area contributed by atoms with Crippen LogP contribution in [0.1, 0.15) is 39.0 Å². The zero-order valence-electron chi connectivity index (χ0n) is 42.6. The number of nitrogens with zero attached hydrogens (tertiary/aromatic N) is 3. The number of nitrogens with one attached hydrogen (secondary N) is 1. The Morgan fingerprint density at radius 2 is 1.30 bits per heavy atom. The average molecular weight is 1120 g/mol. The molecule has 19 N–H and O–H groups in total. The molecular formula is C47H79FN10O16S2. The number of hydrogen-bond acceptors (Lipinski definition) is 25. The third-order valence-corrected chi connectivity index (χ3v) is 16.9. The molecule has 76 heavy (non-hydrogen) atoms. The first-order valence-corrected chi connectivity index (χ1v) is 28.3. The fourth-order valence-corrected chi connectivity index (χ4v) is 12.1. The van der Waals surface area contributed by atoms with Crippen LogP contribution in [0.2, 0.25) is 0 Å². The van der Waals surface area contributed by atoms with E-state index in [9.17, 15) is 45.0 Å². The van der Waals surface area contributed by atoms with E-state index in [0.717, 1.165) is 31.4 Å². The van der Waals surface area contributed by atoms with Gasteiger partial charge in [0.05, 0.1) is 54.5 Å². The Bertz CT molecular complexity index is 2050. The number of carbonyl (C=O) groups excluding carboxylic acids is 3. The van der Waals surface area contributed by atoms with Crippen LogP contribution in [0.15, 0.2) is 18.2 Å². The average Bonchev–Trinajstić information content (AvgIpc) is 3.93. The lowest BCUT2D eigenvalue weighted by molar-refractivity contribution is -0.306. The minimum Gasteiger partial charge on any atom is -0.442 e. The molecule has 3 amide bonds. The Kier molecular flexibility index (Phi) is 22.4. The highest BCUT2D eigenvalue weighted by Gasteiger charge is 2.54. The third kappa shape index (κ3) is 14.7. The maximum absolute atomic E-state index is 15.4. The molecule has 20 atom stereocenters. The van der Waals surface area contributed by atoms with Crippen LogP contribution in [-0.4, -0.2) is 251 Å². The van der Waals surface area contributed by atoms with Gasteiger partial charge in [0.15, 0.2) is 18.9 Å². The maximum Gasteiger partial charge on any atom is 0.414 e. The molecular weight excluding hydrogens is 1040 g/mol. The van der Waals surface area contributed by atoms with Crippen molar-refractivity contribution in [3.05, 3.63) is 24.0 Å². The van der Waals surface area contributed by atoms with E-state index in [1.807, 2.05) is 4.90 Å². The number of anilines is 2. The van der Waals surface area contributed by atoms with Crippen LogP contribution in [0.5, 0.6) is 0 Å². The van der Waals surface area contributed by atoms with Crippen molar-refractivity contribution in [1.82, 2.24) is 10.2 Å². The fourth-order valence-electron chi connectivity index (χ4n) is 10.2. The second-order valence-electron chi connectivity index (χ2n) is 20.2. The highest BCUT2D eigenvalue weighted by atomic mass is 32.2. The van der Waals surface area contributed by atoms with E-state index >= 15 is 4.39 Å². The number of amides is 3. The quantitative estimate of drug-likeness (QED) is 0.0457. The first kappa shape index (κ1) is 60.8. The minimum absolute atomic E-state index is 0.0229. The van der Waals surface area contributed by atoms with Crippen LogP contribution in [0.4, 0.5) is 20.6 Å². The van der Waals surface area contributed by atoms with Gasteiger partial charge in [0.2, 0.25) is 11.8 Å². The molecule has 6 aliphatic rings. The van der Waals surface area contributed by atoms with E-state index in [0.29, 0.717) is 54.8 Å². The van der Waals surface area contributed by atoms with Gasteiger partial charge in [0, 0.05) is 64.0 Å². The molecule has 0 spiro atoms. The molecule has 5 saturated heterocycles. The van der Waals surface area contributed by atoms with E-state index in [4.69, 9.17) is 67.6 Å². The van der Waals surface area contributed by atoms with Crippen molar-refractivity contribution in [3.8, 4) is 0 Å². The van der Waals surface area contributed by atoms with Gasteiger partial charge >= 0.3 is 6.09 Å². The van der Waals surface area contributed by atoms with Crippen LogP contribution in [-0.2, 0) is 42.7 Å². The van der Waals surface area contributed by atoms with E-state index < -0.39 is 134 Å². The number of piperazine rings is 1. The van der Waals surface area contributed by atoms with Gasteiger partial charge in [-0.1, -0.05) is 12.8 Å². The van der Waals surface area contributed by atoms with Crippen molar-refractivity contribution >= 4 is 52.8 Å². The lowest BCUT2D eigenvalue weighted by Crippen LogP contribution is -2.68. The summed E-state index contributed by atoms with van der Waals surface area (Å²) in [7, 11) is 0. The first-order valence-electron chi connectivity index (χ1n) is 26.0. The third-order valence-electron chi connectivity index (χ3n) is 14.7. The standard InChI is InChI=1S/C47H79FN10O16S2/c1-22(59)55-18-24-19-58(47(67)68-24)23-6-7-28(25(48)14-23)56-8-10-57(11-9-56)32(60)21-76-13-5-3-2-4-12-75-20-31-42(73-45-34(54)39(65)37(63)30(17-50)70-45)40(66)46(71-31)74-43-35(61)26(51)15-27(52)41(43)72-44-33(53)38(64)36(62)29(16-49)69-44/h6-7,14,24,26-27,29-31,33-46,61-66H,2-5,8-13,15-21,49-54H2,1H3,(H,55,59)/t24-,26+,27-,29+,30-,31+,33+,34+,35-,36+,37+,38+,39+,40+,41+,42+,43+,44+,45+,46-/m0/s1. The molecule has 5 heterocycles. The van der Waals surface area contributed by atoms with Crippen LogP contribution >= 0.6 is 23.5 Å². The first-order chi connectivity index (χ1) is 36.3. The molecule has 26 nitrogen and oxygen atoms in total. The summed E-state index contributed by atoms with van der Waals surface area (Å²) in [5.41, 5.74) is 37.5. The zero-order valence-corrected chi connectivity index (χ0v) is 44.2. The topological polar surface area (TPSA) is 415 Å². The summed E-state index contributed by atoms with van der Waals surface area (Å²) in [4.78, 5) is 41.8. The summed E-state index contributed by atoms with van der Waals surface area (Å²) in [6.07, 6.45) is -16.8. The summed E-state index contributed by atoms with van der Waals surface area (Å²) < 4.78 is 57.3. The molecule has 29 heteroatoms. The van der Waals surface area contributed by atoms with Gasteiger partial charge in [-0.25, -0.2) is 9.18 Å². The summed E-state index contributed by atoms with van der Waals surface area (Å²) in [6.45, 7) is 3.18. The van der Waals surface area contributed by atoms with Gasteiger partial charge in [0.25, 0.3) is 0 Å². The second kappa shape index (κ2) is 28.0. The summed E-state index contributed by atoms with van der Waals surface area (Å²) >= 11 is 3.11. The van der Waals surface area contributed by atoms with Crippen LogP contribution < -0.4 is 49.5 Å². The monoisotopic (exact) mass is 1120 g/mol. The van der Waals surface area contributed by atoms with Crippen LogP contribution in [0.25, 0.3) is 0 Å². The van der Waals surface area contributed by atoms with Crippen LogP contribution in [0, 0.1) is 5.82 Å². The van der Waals surface area contributed by atoms with E-state index in [2.05, 4.69) is 5.32 Å². The SMILES string of the molecule is CC(=O)NC[C@H]1CN(c2ccc(N3CCN(C(=O)CSCCCCCCSC[C@H]4O[C@@H](O[C@@H]5[C@@H](O)[C@H](N)C[C@H](N)[C@H]5O[C@H]5O[C@H](CN)[C@@H](O)[C@H](O)[C@H]5N)[C@H](O)[C@@H]4O[C@H]4O[C@@H](CN)[C@@H](O)[C@H](O)[C@H]4N)CC3)c(F)c2)C(=O)O1. The Hall–Kier alpha value is -2.86. The Morgan fingerprint density at radius 1 is 0.724 bits per heavy atom. The van der Waals surface area contributed by atoms with Gasteiger partial charge < -0.3 is 113 Å². The van der Waals surface area contributed by atoms with Gasteiger partial charge in [-0.3, -0.25) is 14.5 Å². The van der Waals surface area contributed by atoms with Crippen LogP contribution in [0.3, 0.4) is 0 Å². The van der Waals surface area contributed by atoms with Crippen molar-refractivity contribution in [2.24, 2.45) is 34.4 Å². The normalized spacial score (nSPS) is 38.1. The molecule has 0 radical (unpaired) electrons. The lowest BCUT2D eigenvalue weighted by Gasteiger charge is -2.47. The molecule has 0 aromatic heterocycles. The molecule has 1 aliphatic carbocycles. The number of unbranched alkanes of at least 4 members (excludes halogenated alkanes) is 3. The zero-order chi connectivity index (χ0) is 55.0. The predicted octanol–water partition coefficient (Wildman–Crippen LogP) is -4.91. The molecule has 7 rings (SSSR count). The van der Waals surface area contributed by atoms with Crippen molar-refractivity contribution < 1.29 is 82.6 Å². The predicted molar refractivity (Wildman–Crippen MR) is 276 cm³/mol. The highest BCUT2D eigenvalue weighted by Crippen LogP contribution is 2.36. The highest BCUT2D eigenvalue weighted by molar-refractivity contribution is 8.00. The Labute approximate surface area is 449 Å². The minimum atomic E-state index is -1.54. The number of carbonyl (C=O) groups is 3. The second-order valence-corrected chi connectivity index (χ2v) is 22.4. The molecule has 0 bridgehead atoms. The van der Waals surface area contributed by atoms with Crippen molar-refractivity contribution in [2.45, 2.75) is 161 Å². The number of thioether (sulfide) groups is 2. The summed E-state index contributed by atoms with van der Waals surface area (Å²) in [5.74, 6) is 1.42. The largest absolute Gasteiger partial charge is 0.442 e. The van der Waals surface area contributed by atoms with E-state index in [-0.39, 0.29) is 44.4 Å².